The van der Waals surface area contributed by atoms with E-state index in [-0.39, 0.29) is 22.5 Å². The van der Waals surface area contributed by atoms with E-state index in [1.54, 1.807) is 12.1 Å². The molecular weight excluding hydrogens is 364 g/mol. The minimum Gasteiger partial charge on any atom is -0.494 e. The van der Waals surface area contributed by atoms with E-state index in [9.17, 15) is 19.7 Å². The van der Waals surface area contributed by atoms with Crippen molar-refractivity contribution in [2.75, 3.05) is 19.0 Å². The topological polar surface area (TPSA) is 108 Å². The standard InChI is InChI=1S/C20H22N2O6/c1-20(2,3)14-7-5-13(6-8-14)19(24)28-12-18(23)21-16-10-9-15(22(25)26)11-17(16)27-4/h5-11H,12H2,1-4H3,(H,21,23). The van der Waals surface area contributed by atoms with Gasteiger partial charge in [-0.05, 0) is 29.2 Å². The lowest BCUT2D eigenvalue weighted by atomic mass is 9.87. The normalized spacial score (nSPS) is 10.9. The van der Waals surface area contributed by atoms with Crippen LogP contribution < -0.4 is 10.1 Å². The maximum Gasteiger partial charge on any atom is 0.338 e. The van der Waals surface area contributed by atoms with Gasteiger partial charge >= 0.3 is 5.97 Å². The first kappa shape index (κ1) is 20.9. The van der Waals surface area contributed by atoms with Gasteiger partial charge in [0, 0.05) is 6.07 Å². The molecule has 0 atom stereocenters. The van der Waals surface area contributed by atoms with E-state index in [1.807, 2.05) is 12.1 Å². The predicted octanol–water partition coefficient (Wildman–Crippen LogP) is 3.70. The van der Waals surface area contributed by atoms with E-state index < -0.39 is 23.4 Å². The quantitative estimate of drug-likeness (QED) is 0.461. The Kier molecular flexibility index (Phi) is 6.35. The van der Waals surface area contributed by atoms with Crippen molar-refractivity contribution >= 4 is 23.3 Å². The summed E-state index contributed by atoms with van der Waals surface area (Å²) in [6.07, 6.45) is 0. The molecule has 0 unspecified atom stereocenters. The molecule has 0 radical (unpaired) electrons. The number of amides is 1. The van der Waals surface area contributed by atoms with E-state index in [2.05, 4.69) is 26.1 Å². The van der Waals surface area contributed by atoms with Gasteiger partial charge in [0.05, 0.1) is 29.4 Å². The molecule has 8 heteroatoms. The summed E-state index contributed by atoms with van der Waals surface area (Å²) >= 11 is 0. The number of nitrogens with zero attached hydrogens (tertiary/aromatic N) is 1. The van der Waals surface area contributed by atoms with Crippen LogP contribution in [0.1, 0.15) is 36.7 Å². The molecule has 2 aromatic carbocycles. The highest BCUT2D eigenvalue weighted by atomic mass is 16.6. The molecule has 0 aliphatic rings. The largest absolute Gasteiger partial charge is 0.494 e. The van der Waals surface area contributed by atoms with Gasteiger partial charge < -0.3 is 14.8 Å². The second kappa shape index (κ2) is 8.51. The van der Waals surface area contributed by atoms with Gasteiger partial charge in [-0.1, -0.05) is 32.9 Å². The number of anilines is 1. The number of hydrogen-bond acceptors (Lipinski definition) is 6. The Balaban J connectivity index is 1.97. The Hall–Kier alpha value is -3.42. The average molecular weight is 386 g/mol. The molecule has 0 saturated carbocycles. The predicted molar refractivity (Wildman–Crippen MR) is 104 cm³/mol. The molecule has 2 aromatic rings. The number of ether oxygens (including phenoxy) is 2. The molecule has 0 aliphatic heterocycles. The van der Waals surface area contributed by atoms with Crippen LogP contribution in [-0.2, 0) is 14.9 Å². The molecule has 0 aromatic heterocycles. The number of nitrogens with one attached hydrogen (secondary N) is 1. The van der Waals surface area contributed by atoms with Gasteiger partial charge in [0.2, 0.25) is 0 Å². The van der Waals surface area contributed by atoms with E-state index in [0.717, 1.165) is 5.56 Å². The fraction of sp³-hybridized carbons (Fsp3) is 0.300. The van der Waals surface area contributed by atoms with Crippen molar-refractivity contribution in [3.8, 4) is 5.75 Å². The first-order valence-corrected chi connectivity index (χ1v) is 8.52. The lowest BCUT2D eigenvalue weighted by Gasteiger charge is -2.18. The second-order valence-electron chi connectivity index (χ2n) is 7.09. The summed E-state index contributed by atoms with van der Waals surface area (Å²) in [6, 6.07) is 10.8. The van der Waals surface area contributed by atoms with Crippen molar-refractivity contribution in [1.29, 1.82) is 0 Å². The van der Waals surface area contributed by atoms with Crippen LogP contribution >= 0.6 is 0 Å². The SMILES string of the molecule is COc1cc([N+](=O)[O-])ccc1NC(=O)COC(=O)c1ccc(C(C)(C)C)cc1. The number of esters is 1. The van der Waals surface area contributed by atoms with Crippen molar-refractivity contribution in [3.05, 3.63) is 63.7 Å². The molecule has 1 amide bonds. The van der Waals surface area contributed by atoms with Crippen LogP contribution in [0.3, 0.4) is 0 Å². The molecule has 148 valence electrons. The van der Waals surface area contributed by atoms with Crippen molar-refractivity contribution < 1.29 is 24.0 Å². The molecule has 28 heavy (non-hydrogen) atoms. The summed E-state index contributed by atoms with van der Waals surface area (Å²) in [5.41, 5.74) is 1.45. The Morgan fingerprint density at radius 1 is 1.11 bits per heavy atom. The highest BCUT2D eigenvalue weighted by molar-refractivity contribution is 5.96. The van der Waals surface area contributed by atoms with Gasteiger partial charge in [0.1, 0.15) is 5.75 Å². The minimum atomic E-state index is -0.619. The highest BCUT2D eigenvalue weighted by Gasteiger charge is 2.17. The van der Waals surface area contributed by atoms with Crippen LogP contribution in [0.4, 0.5) is 11.4 Å². The van der Waals surface area contributed by atoms with Gasteiger partial charge in [-0.15, -0.1) is 0 Å². The molecule has 0 heterocycles. The second-order valence-corrected chi connectivity index (χ2v) is 7.09. The molecule has 2 rings (SSSR count). The van der Waals surface area contributed by atoms with Crippen molar-refractivity contribution in [2.24, 2.45) is 0 Å². The Morgan fingerprint density at radius 3 is 2.29 bits per heavy atom. The summed E-state index contributed by atoms with van der Waals surface area (Å²) in [4.78, 5) is 34.4. The number of non-ortho nitro benzene ring substituents is 1. The van der Waals surface area contributed by atoms with Crippen LogP contribution in [0.15, 0.2) is 42.5 Å². The highest BCUT2D eigenvalue weighted by Crippen LogP contribution is 2.29. The van der Waals surface area contributed by atoms with Crippen molar-refractivity contribution in [1.82, 2.24) is 0 Å². The van der Waals surface area contributed by atoms with Gasteiger partial charge in [0.15, 0.2) is 6.61 Å². The lowest BCUT2D eigenvalue weighted by Crippen LogP contribution is -2.21. The number of methoxy groups -OCH3 is 1. The van der Waals surface area contributed by atoms with Gasteiger partial charge in [-0.25, -0.2) is 4.79 Å². The van der Waals surface area contributed by atoms with E-state index in [1.165, 1.54) is 25.3 Å². The van der Waals surface area contributed by atoms with Gasteiger partial charge in [0.25, 0.3) is 11.6 Å². The van der Waals surface area contributed by atoms with E-state index in [4.69, 9.17) is 9.47 Å². The van der Waals surface area contributed by atoms with Crippen LogP contribution in [0.25, 0.3) is 0 Å². The Bertz CT molecular complexity index is 885. The number of hydrogen-bond donors (Lipinski definition) is 1. The third-order valence-corrected chi connectivity index (χ3v) is 3.99. The fourth-order valence-electron chi connectivity index (χ4n) is 2.40. The summed E-state index contributed by atoms with van der Waals surface area (Å²) in [7, 11) is 1.33. The van der Waals surface area contributed by atoms with Crippen LogP contribution in [0.2, 0.25) is 0 Å². The Morgan fingerprint density at radius 2 is 1.75 bits per heavy atom. The number of benzene rings is 2. The summed E-state index contributed by atoms with van der Waals surface area (Å²) in [5.74, 6) is -1.08. The number of nitro groups is 1. The van der Waals surface area contributed by atoms with Crippen molar-refractivity contribution in [3.63, 3.8) is 0 Å². The maximum atomic E-state index is 12.1. The zero-order valence-electron chi connectivity index (χ0n) is 16.1. The van der Waals surface area contributed by atoms with Crippen molar-refractivity contribution in [2.45, 2.75) is 26.2 Å². The monoisotopic (exact) mass is 386 g/mol. The smallest absolute Gasteiger partial charge is 0.338 e. The summed E-state index contributed by atoms with van der Waals surface area (Å²) in [5, 5.41) is 13.3. The molecule has 0 spiro atoms. The van der Waals surface area contributed by atoms with Crippen LogP contribution in [-0.4, -0.2) is 30.5 Å². The molecule has 1 N–H and O–H groups in total. The molecule has 8 nitrogen and oxygen atoms in total. The minimum absolute atomic E-state index is 0.0356. The van der Waals surface area contributed by atoms with Crippen LogP contribution in [0.5, 0.6) is 5.75 Å². The van der Waals surface area contributed by atoms with E-state index >= 15 is 0 Å². The average Bonchev–Trinajstić information content (AvgIpc) is 2.65. The number of carbonyl (C=O) groups excluding carboxylic acids is 2. The fourth-order valence-corrected chi connectivity index (χ4v) is 2.40. The Labute approximate surface area is 162 Å². The first-order chi connectivity index (χ1) is 13.1. The molecule has 0 saturated heterocycles. The van der Waals surface area contributed by atoms with Gasteiger partial charge in [-0.2, -0.15) is 0 Å². The maximum absolute atomic E-state index is 12.1. The zero-order valence-corrected chi connectivity index (χ0v) is 16.1. The van der Waals surface area contributed by atoms with Crippen LogP contribution in [0, 0.1) is 10.1 Å². The number of rotatable bonds is 6. The number of carbonyl (C=O) groups is 2. The van der Waals surface area contributed by atoms with Gasteiger partial charge in [-0.3, -0.25) is 14.9 Å². The molecule has 0 aliphatic carbocycles. The summed E-state index contributed by atoms with van der Waals surface area (Å²) in [6.45, 7) is 5.70. The number of nitro benzene ring substituents is 1. The van der Waals surface area contributed by atoms with E-state index in [0.29, 0.717) is 5.56 Å². The molecular formula is C20H22N2O6. The zero-order chi connectivity index (χ0) is 20.9. The lowest BCUT2D eigenvalue weighted by molar-refractivity contribution is -0.384. The first-order valence-electron chi connectivity index (χ1n) is 8.52. The third kappa shape index (κ3) is 5.29. The third-order valence-electron chi connectivity index (χ3n) is 3.99. The summed E-state index contributed by atoms with van der Waals surface area (Å²) < 4.78 is 10.1. The molecule has 0 fully saturated rings. The molecule has 0 bridgehead atoms.